The van der Waals surface area contributed by atoms with Crippen LogP contribution in [0.15, 0.2) is 0 Å². The van der Waals surface area contributed by atoms with Gasteiger partial charge in [0.25, 0.3) is 0 Å². The van der Waals surface area contributed by atoms with Crippen molar-refractivity contribution in [2.75, 3.05) is 67.3 Å². The Morgan fingerprint density at radius 2 is 1.38 bits per heavy atom. The number of nitrogens with zero attached hydrogens (tertiary/aromatic N) is 2. The van der Waals surface area contributed by atoms with Crippen LogP contribution in [0.5, 0.6) is 0 Å². The van der Waals surface area contributed by atoms with Crippen molar-refractivity contribution >= 4 is 12.0 Å². The maximum absolute atomic E-state index is 12.4. The zero-order valence-electron chi connectivity index (χ0n) is 13.0. The molecule has 0 saturated carbocycles. The van der Waals surface area contributed by atoms with Crippen LogP contribution in [0.3, 0.4) is 0 Å². The lowest BCUT2D eigenvalue weighted by Crippen LogP contribution is -2.48. The first-order chi connectivity index (χ1) is 10.1. The van der Waals surface area contributed by atoms with Crippen LogP contribution in [-0.2, 0) is 19.0 Å². The highest BCUT2D eigenvalue weighted by Crippen LogP contribution is 2.02. The Kier molecular flexibility index (Phi) is 11.6. The van der Waals surface area contributed by atoms with E-state index in [9.17, 15) is 9.59 Å². The minimum atomic E-state index is -1.05. The van der Waals surface area contributed by atoms with Crippen molar-refractivity contribution in [1.82, 2.24) is 9.80 Å². The van der Waals surface area contributed by atoms with Crippen molar-refractivity contribution < 1.29 is 28.9 Å². The van der Waals surface area contributed by atoms with E-state index in [1.807, 2.05) is 0 Å². The van der Waals surface area contributed by atoms with Gasteiger partial charge in [-0.2, -0.15) is 0 Å². The number of amides is 2. The van der Waals surface area contributed by atoms with Crippen LogP contribution in [0.1, 0.15) is 6.42 Å². The topological polar surface area (TPSA) is 88.5 Å². The van der Waals surface area contributed by atoms with Crippen LogP contribution in [-0.4, -0.2) is 94.2 Å². The van der Waals surface area contributed by atoms with Crippen LogP contribution in [0, 0.1) is 0 Å². The molecule has 0 aliphatic carbocycles. The maximum atomic E-state index is 12.4. The summed E-state index contributed by atoms with van der Waals surface area (Å²) < 4.78 is 14.9. The van der Waals surface area contributed by atoms with Crippen molar-refractivity contribution in [1.29, 1.82) is 0 Å². The molecular weight excluding hydrogens is 280 g/mol. The summed E-state index contributed by atoms with van der Waals surface area (Å²) in [5.74, 6) is -1.05. The predicted molar refractivity (Wildman–Crippen MR) is 76.4 cm³/mol. The molecule has 0 aliphatic rings. The fourth-order valence-electron chi connectivity index (χ4n) is 1.71. The van der Waals surface area contributed by atoms with Gasteiger partial charge in [0, 0.05) is 47.6 Å². The van der Waals surface area contributed by atoms with E-state index in [0.29, 0.717) is 32.7 Å². The molecule has 0 unspecified atom stereocenters. The molecule has 0 spiro atoms. The molecule has 8 nitrogen and oxygen atoms in total. The molecule has 8 heteroatoms. The molecule has 0 bridgehead atoms. The van der Waals surface area contributed by atoms with E-state index in [1.54, 1.807) is 19.1 Å². The molecule has 124 valence electrons. The molecule has 0 aliphatic heterocycles. The summed E-state index contributed by atoms with van der Waals surface area (Å²) >= 11 is 0. The Balaban J connectivity index is 4.67. The normalized spacial score (nSPS) is 10.4. The molecule has 0 aromatic carbocycles. The quantitative estimate of drug-likeness (QED) is 0.515. The van der Waals surface area contributed by atoms with Crippen molar-refractivity contribution in [3.63, 3.8) is 0 Å². The van der Waals surface area contributed by atoms with Gasteiger partial charge in [0.2, 0.25) is 0 Å². The second-order valence-electron chi connectivity index (χ2n) is 4.42. The average molecular weight is 306 g/mol. The number of hydrogen-bond donors (Lipinski definition) is 1. The Labute approximate surface area is 125 Å². The molecule has 21 heavy (non-hydrogen) atoms. The van der Waals surface area contributed by atoms with Gasteiger partial charge in [-0.05, 0) is 6.42 Å². The highest BCUT2D eigenvalue weighted by molar-refractivity contribution is 5.80. The molecule has 0 fully saturated rings. The van der Waals surface area contributed by atoms with Crippen LogP contribution >= 0.6 is 0 Å². The van der Waals surface area contributed by atoms with E-state index < -0.39 is 5.97 Å². The lowest BCUT2D eigenvalue weighted by molar-refractivity contribution is -0.137. The van der Waals surface area contributed by atoms with Gasteiger partial charge in [0.05, 0.1) is 13.2 Å². The van der Waals surface area contributed by atoms with Crippen molar-refractivity contribution in [3.8, 4) is 0 Å². The smallest absolute Gasteiger partial charge is 0.323 e. The average Bonchev–Trinajstić information content (AvgIpc) is 2.46. The number of carboxylic acids is 1. The largest absolute Gasteiger partial charge is 0.480 e. The standard InChI is InChI=1S/C13H26N2O6/c1-19-8-4-5-14(6-9-20-2)13(18)15(7-10-21-3)11-12(16)17/h4-11H2,1-3H3,(H,16,17). The zero-order valence-corrected chi connectivity index (χ0v) is 13.0. The summed E-state index contributed by atoms with van der Waals surface area (Å²) in [5, 5.41) is 8.91. The number of carboxylic acid groups (broad SMARTS) is 1. The fourth-order valence-corrected chi connectivity index (χ4v) is 1.71. The van der Waals surface area contributed by atoms with Crippen molar-refractivity contribution in [2.45, 2.75) is 6.42 Å². The van der Waals surface area contributed by atoms with E-state index in [4.69, 9.17) is 19.3 Å². The van der Waals surface area contributed by atoms with Crippen LogP contribution < -0.4 is 0 Å². The first-order valence-corrected chi connectivity index (χ1v) is 6.79. The summed E-state index contributed by atoms with van der Waals surface area (Å²) in [7, 11) is 4.65. The van der Waals surface area contributed by atoms with Crippen LogP contribution in [0.4, 0.5) is 4.79 Å². The molecular formula is C13H26N2O6. The second kappa shape index (κ2) is 12.4. The monoisotopic (exact) mass is 306 g/mol. The van der Waals surface area contributed by atoms with E-state index in [2.05, 4.69) is 0 Å². The van der Waals surface area contributed by atoms with E-state index in [-0.39, 0.29) is 25.7 Å². The third-order valence-corrected chi connectivity index (χ3v) is 2.77. The number of urea groups is 1. The summed E-state index contributed by atoms with van der Waals surface area (Å²) in [4.78, 5) is 26.1. The molecule has 0 rings (SSSR count). The Bertz CT molecular complexity index is 300. The molecule has 2 amide bonds. The highest BCUT2D eigenvalue weighted by atomic mass is 16.5. The number of aliphatic carboxylic acids is 1. The van der Waals surface area contributed by atoms with Crippen LogP contribution in [0.2, 0.25) is 0 Å². The van der Waals surface area contributed by atoms with Gasteiger partial charge in [-0.3, -0.25) is 4.79 Å². The number of carbonyl (C=O) groups is 2. The lowest BCUT2D eigenvalue weighted by Gasteiger charge is -2.29. The van der Waals surface area contributed by atoms with Gasteiger partial charge in [0.15, 0.2) is 0 Å². The molecule has 1 N–H and O–H groups in total. The van der Waals surface area contributed by atoms with Gasteiger partial charge in [-0.15, -0.1) is 0 Å². The summed E-state index contributed by atoms with van der Waals surface area (Å²) in [5.41, 5.74) is 0. The molecule has 0 radical (unpaired) electrons. The highest BCUT2D eigenvalue weighted by Gasteiger charge is 2.22. The van der Waals surface area contributed by atoms with E-state index >= 15 is 0 Å². The molecule has 0 atom stereocenters. The fraction of sp³-hybridized carbons (Fsp3) is 0.846. The number of carbonyl (C=O) groups excluding carboxylic acids is 1. The first kappa shape index (κ1) is 19.6. The molecule has 0 saturated heterocycles. The third-order valence-electron chi connectivity index (χ3n) is 2.77. The van der Waals surface area contributed by atoms with Gasteiger partial charge >= 0.3 is 12.0 Å². The molecule has 0 aromatic heterocycles. The second-order valence-corrected chi connectivity index (χ2v) is 4.42. The van der Waals surface area contributed by atoms with Crippen molar-refractivity contribution in [3.05, 3.63) is 0 Å². The summed E-state index contributed by atoms with van der Waals surface area (Å²) in [6, 6.07) is -0.331. The van der Waals surface area contributed by atoms with E-state index in [0.717, 1.165) is 0 Å². The third kappa shape index (κ3) is 9.22. The minimum Gasteiger partial charge on any atom is -0.480 e. The zero-order chi connectivity index (χ0) is 16.1. The van der Waals surface area contributed by atoms with E-state index in [1.165, 1.54) is 12.0 Å². The van der Waals surface area contributed by atoms with Gasteiger partial charge in [0.1, 0.15) is 6.54 Å². The molecule has 0 aromatic rings. The van der Waals surface area contributed by atoms with Gasteiger partial charge in [-0.1, -0.05) is 0 Å². The SMILES string of the molecule is COCCCN(CCOC)C(=O)N(CCOC)CC(=O)O. The maximum Gasteiger partial charge on any atom is 0.323 e. The lowest BCUT2D eigenvalue weighted by atomic mass is 10.4. The number of methoxy groups -OCH3 is 3. The number of ether oxygens (including phenoxy) is 3. The van der Waals surface area contributed by atoms with Gasteiger partial charge in [-0.25, -0.2) is 4.79 Å². The molecule has 0 heterocycles. The van der Waals surface area contributed by atoms with Crippen LogP contribution in [0.25, 0.3) is 0 Å². The Morgan fingerprint density at radius 3 is 1.86 bits per heavy atom. The predicted octanol–water partition coefficient (Wildman–Crippen LogP) is 0.124. The Morgan fingerprint density at radius 1 is 0.857 bits per heavy atom. The van der Waals surface area contributed by atoms with Crippen molar-refractivity contribution in [2.24, 2.45) is 0 Å². The number of rotatable bonds is 12. The van der Waals surface area contributed by atoms with Gasteiger partial charge < -0.3 is 29.1 Å². The summed E-state index contributed by atoms with van der Waals surface area (Å²) in [6.07, 6.45) is 0.678. The first-order valence-electron chi connectivity index (χ1n) is 6.79. The summed E-state index contributed by atoms with van der Waals surface area (Å²) in [6.45, 7) is 1.99. The Hall–Kier alpha value is -1.38. The minimum absolute atomic E-state index is 0.232. The number of hydrogen-bond acceptors (Lipinski definition) is 5.